The maximum absolute atomic E-state index is 11.4. The van der Waals surface area contributed by atoms with E-state index in [0.717, 1.165) is 0 Å². The van der Waals surface area contributed by atoms with Crippen LogP contribution in [0, 0.1) is 11.3 Å². The van der Waals surface area contributed by atoms with Crippen LogP contribution in [-0.4, -0.2) is 15.1 Å². The van der Waals surface area contributed by atoms with E-state index >= 15 is 0 Å². The second-order valence-electron chi connectivity index (χ2n) is 3.46. The molecule has 2 aromatic rings. The Bertz CT molecular complexity index is 780. The van der Waals surface area contributed by atoms with Gasteiger partial charge in [-0.1, -0.05) is 0 Å². The number of aromatic amines is 2. The van der Waals surface area contributed by atoms with Gasteiger partial charge in [-0.25, -0.2) is 4.79 Å². The highest BCUT2D eigenvalue weighted by molar-refractivity contribution is 5.45. The van der Waals surface area contributed by atoms with Gasteiger partial charge in [0.1, 0.15) is 0 Å². The topological polar surface area (TPSA) is 134 Å². The third-order valence-electron chi connectivity index (χ3n) is 2.16. The maximum atomic E-state index is 11.4. The highest BCUT2D eigenvalue weighted by Gasteiger charge is 2.06. The van der Waals surface area contributed by atoms with Crippen LogP contribution in [0.2, 0.25) is 0 Å². The minimum absolute atomic E-state index is 0.393. The monoisotopic (exact) mass is 257 g/mol. The number of nitrogens with one attached hydrogen (secondary N) is 2. The molecule has 0 aliphatic carbocycles. The Kier molecular flexibility index (Phi) is 3.20. The minimum Gasteiger partial charge on any atom is -0.493 e. The Morgan fingerprint density at radius 1 is 1.11 bits per heavy atom. The summed E-state index contributed by atoms with van der Waals surface area (Å²) in [4.78, 5) is 26.1. The molecule has 1 heterocycles. The van der Waals surface area contributed by atoms with E-state index in [1.165, 1.54) is 24.3 Å². The largest absolute Gasteiger partial charge is 0.493 e. The van der Waals surface area contributed by atoms with Crippen molar-refractivity contribution in [3.8, 4) is 11.9 Å². The first-order valence-electron chi connectivity index (χ1n) is 5.07. The van der Waals surface area contributed by atoms with Crippen molar-refractivity contribution in [3.05, 3.63) is 50.7 Å². The Morgan fingerprint density at radius 3 is 2.37 bits per heavy atom. The first kappa shape index (κ1) is 12.3. The summed E-state index contributed by atoms with van der Waals surface area (Å²) in [6.45, 7) is 0. The summed E-state index contributed by atoms with van der Waals surface area (Å²) >= 11 is 0. The van der Waals surface area contributed by atoms with Crippen molar-refractivity contribution >= 4 is 11.4 Å². The van der Waals surface area contributed by atoms with Gasteiger partial charge in [-0.3, -0.25) is 14.8 Å². The average molecular weight is 257 g/mol. The Morgan fingerprint density at radius 2 is 1.79 bits per heavy atom. The van der Waals surface area contributed by atoms with Gasteiger partial charge in [0, 0.05) is 0 Å². The molecule has 2 rings (SSSR count). The highest BCUT2D eigenvalue weighted by atomic mass is 16.3. The molecule has 0 unspecified atom stereocenters. The second kappa shape index (κ2) is 4.97. The zero-order chi connectivity index (χ0) is 13.8. The lowest BCUT2D eigenvalue weighted by Gasteiger charge is -1.95. The van der Waals surface area contributed by atoms with Crippen LogP contribution in [0.25, 0.3) is 0 Å². The lowest BCUT2D eigenvalue weighted by molar-refractivity contribution is 0.450. The fourth-order valence-corrected chi connectivity index (χ4v) is 1.27. The van der Waals surface area contributed by atoms with Crippen molar-refractivity contribution < 1.29 is 5.11 Å². The van der Waals surface area contributed by atoms with Crippen LogP contribution in [-0.2, 0) is 0 Å². The zero-order valence-corrected chi connectivity index (χ0v) is 9.41. The van der Waals surface area contributed by atoms with Gasteiger partial charge >= 0.3 is 5.69 Å². The van der Waals surface area contributed by atoms with Gasteiger partial charge in [-0.05, 0) is 24.3 Å². The highest BCUT2D eigenvalue weighted by Crippen LogP contribution is 2.20. The van der Waals surface area contributed by atoms with Crippen LogP contribution in [0.15, 0.2) is 44.1 Å². The molecule has 0 amide bonds. The van der Waals surface area contributed by atoms with Crippen molar-refractivity contribution in [2.24, 2.45) is 10.2 Å². The van der Waals surface area contributed by atoms with Crippen molar-refractivity contribution in [3.63, 3.8) is 0 Å². The third-order valence-corrected chi connectivity index (χ3v) is 2.16. The van der Waals surface area contributed by atoms with E-state index < -0.39 is 22.8 Å². The molecular weight excluding hydrogens is 250 g/mol. The summed E-state index contributed by atoms with van der Waals surface area (Å²) in [7, 11) is 0. The molecule has 0 atom stereocenters. The molecule has 0 radical (unpaired) electrons. The lowest BCUT2D eigenvalue weighted by atomic mass is 10.2. The SMILES string of the molecule is N#Cc1ccc(N=Nc2c(O)[nH]c(=O)[nH]c2=O)cc1. The molecule has 0 spiro atoms. The van der Waals surface area contributed by atoms with Gasteiger partial charge in [0.2, 0.25) is 11.6 Å². The van der Waals surface area contributed by atoms with Crippen LogP contribution >= 0.6 is 0 Å². The number of benzene rings is 1. The van der Waals surface area contributed by atoms with Gasteiger partial charge < -0.3 is 5.11 Å². The molecule has 0 saturated carbocycles. The predicted molar refractivity (Wildman–Crippen MR) is 64.7 cm³/mol. The second-order valence-corrected chi connectivity index (χ2v) is 3.46. The van der Waals surface area contributed by atoms with Crippen molar-refractivity contribution in [1.29, 1.82) is 5.26 Å². The Hall–Kier alpha value is -3.21. The van der Waals surface area contributed by atoms with Gasteiger partial charge in [0.15, 0.2) is 0 Å². The quantitative estimate of drug-likeness (QED) is 0.693. The van der Waals surface area contributed by atoms with E-state index in [1.54, 1.807) is 0 Å². The molecule has 19 heavy (non-hydrogen) atoms. The number of aromatic nitrogens is 2. The number of nitrogens with zero attached hydrogens (tertiary/aromatic N) is 3. The zero-order valence-electron chi connectivity index (χ0n) is 9.41. The van der Waals surface area contributed by atoms with Crippen molar-refractivity contribution in [1.82, 2.24) is 9.97 Å². The number of hydrogen-bond donors (Lipinski definition) is 3. The normalized spacial score (nSPS) is 10.5. The van der Waals surface area contributed by atoms with Gasteiger partial charge in [-0.2, -0.15) is 10.4 Å². The average Bonchev–Trinajstić information content (AvgIpc) is 2.38. The number of hydrogen-bond acceptors (Lipinski definition) is 6. The summed E-state index contributed by atoms with van der Waals surface area (Å²) in [5, 5.41) is 25.2. The standard InChI is InChI=1S/C11H7N5O3/c12-5-6-1-3-7(4-2-6)15-16-8-9(17)13-11(19)14-10(8)18/h1-4H,(H3,13,14,17,18,19). The minimum atomic E-state index is -0.848. The summed E-state index contributed by atoms with van der Waals surface area (Å²) in [5.41, 5.74) is -1.23. The summed E-state index contributed by atoms with van der Waals surface area (Å²) < 4.78 is 0. The summed E-state index contributed by atoms with van der Waals surface area (Å²) in [6.07, 6.45) is 0. The Labute approximate surface area is 105 Å². The lowest BCUT2D eigenvalue weighted by Crippen LogP contribution is -2.20. The number of H-pyrrole nitrogens is 2. The summed E-state index contributed by atoms with van der Waals surface area (Å²) in [5.74, 6) is -0.661. The van der Waals surface area contributed by atoms with Gasteiger partial charge in [-0.15, -0.1) is 5.11 Å². The van der Waals surface area contributed by atoms with Crippen LogP contribution in [0.3, 0.4) is 0 Å². The van der Waals surface area contributed by atoms with Crippen LogP contribution in [0.1, 0.15) is 5.56 Å². The molecule has 0 bridgehead atoms. The third kappa shape index (κ3) is 2.73. The number of rotatable bonds is 2. The van der Waals surface area contributed by atoms with Gasteiger partial charge in [0.25, 0.3) is 5.56 Å². The molecular formula is C11H7N5O3. The fourth-order valence-electron chi connectivity index (χ4n) is 1.27. The van der Waals surface area contributed by atoms with E-state index in [4.69, 9.17) is 5.26 Å². The summed E-state index contributed by atoms with van der Waals surface area (Å²) in [6, 6.07) is 8.07. The number of nitriles is 1. The fraction of sp³-hybridized carbons (Fsp3) is 0. The predicted octanol–water partition coefficient (Wildman–Crippen LogP) is 1.06. The molecule has 1 aromatic carbocycles. The Balaban J connectivity index is 2.35. The van der Waals surface area contributed by atoms with E-state index in [1.807, 2.05) is 16.0 Å². The van der Waals surface area contributed by atoms with E-state index in [2.05, 4.69) is 10.2 Å². The molecule has 3 N–H and O–H groups in total. The van der Waals surface area contributed by atoms with Crippen LogP contribution < -0.4 is 11.2 Å². The molecule has 0 saturated heterocycles. The molecule has 94 valence electrons. The molecule has 0 aliphatic rings. The first-order valence-corrected chi connectivity index (χ1v) is 5.07. The molecule has 8 heteroatoms. The molecule has 0 fully saturated rings. The van der Waals surface area contributed by atoms with E-state index in [9.17, 15) is 14.7 Å². The molecule has 0 aliphatic heterocycles. The smallest absolute Gasteiger partial charge is 0.328 e. The number of aromatic hydroxyl groups is 1. The first-order chi connectivity index (χ1) is 9.10. The van der Waals surface area contributed by atoms with Crippen molar-refractivity contribution in [2.75, 3.05) is 0 Å². The van der Waals surface area contributed by atoms with E-state index in [-0.39, 0.29) is 0 Å². The van der Waals surface area contributed by atoms with E-state index in [0.29, 0.717) is 11.3 Å². The van der Waals surface area contributed by atoms with Crippen LogP contribution in [0.5, 0.6) is 5.88 Å². The van der Waals surface area contributed by atoms with Crippen LogP contribution in [0.4, 0.5) is 11.4 Å². The maximum Gasteiger partial charge on any atom is 0.328 e. The van der Waals surface area contributed by atoms with Crippen molar-refractivity contribution in [2.45, 2.75) is 0 Å². The number of azo groups is 1. The van der Waals surface area contributed by atoms with Gasteiger partial charge in [0.05, 0.1) is 17.3 Å². The molecule has 8 nitrogen and oxygen atoms in total. The molecule has 1 aromatic heterocycles.